The highest BCUT2D eigenvalue weighted by Crippen LogP contribution is 2.31. The average Bonchev–Trinajstić information content (AvgIpc) is 3.25. The fourth-order valence-electron chi connectivity index (χ4n) is 3.32. The Balaban J connectivity index is 1.38. The van der Waals surface area contributed by atoms with E-state index in [4.69, 9.17) is 4.42 Å². The molecule has 2 N–H and O–H groups in total. The molecule has 0 saturated heterocycles. The third kappa shape index (κ3) is 5.20. The standard InChI is InChI=1S/C24H18F3N3O3/c25-24(26,27)19-7-2-1-5-18(19)13-30-22(31)17-6-3-4-15(10-17)12-29-23(32)20-11-16-8-9-28-14-21(16)33-20/h1-11,14H,12-13H2,(H,29,32)(H,30,31). The van der Waals surface area contributed by atoms with Crippen LogP contribution < -0.4 is 10.6 Å². The van der Waals surface area contributed by atoms with Crippen LogP contribution in [0.1, 0.15) is 37.6 Å². The number of hydrogen-bond acceptors (Lipinski definition) is 4. The van der Waals surface area contributed by atoms with Gasteiger partial charge in [0.2, 0.25) is 0 Å². The lowest BCUT2D eigenvalue weighted by atomic mass is 10.1. The summed E-state index contributed by atoms with van der Waals surface area (Å²) in [4.78, 5) is 28.8. The summed E-state index contributed by atoms with van der Waals surface area (Å²) in [6.45, 7) is -0.136. The number of benzene rings is 2. The van der Waals surface area contributed by atoms with E-state index >= 15 is 0 Å². The van der Waals surface area contributed by atoms with Gasteiger partial charge >= 0.3 is 6.18 Å². The number of nitrogens with one attached hydrogen (secondary N) is 2. The number of halogens is 3. The van der Waals surface area contributed by atoms with Crippen molar-refractivity contribution in [3.8, 4) is 0 Å². The lowest BCUT2D eigenvalue weighted by Crippen LogP contribution is -2.25. The van der Waals surface area contributed by atoms with E-state index in [-0.39, 0.29) is 30.0 Å². The van der Waals surface area contributed by atoms with Crippen LogP contribution in [0.5, 0.6) is 0 Å². The lowest BCUT2D eigenvalue weighted by molar-refractivity contribution is -0.138. The van der Waals surface area contributed by atoms with Crippen LogP contribution in [0.25, 0.3) is 11.0 Å². The third-order valence-electron chi connectivity index (χ3n) is 4.95. The van der Waals surface area contributed by atoms with Gasteiger partial charge in [0.25, 0.3) is 11.8 Å². The molecule has 168 valence electrons. The van der Waals surface area contributed by atoms with Gasteiger partial charge in [-0.1, -0.05) is 30.3 Å². The fraction of sp³-hybridized carbons (Fsp3) is 0.125. The van der Waals surface area contributed by atoms with Crippen LogP contribution in [0, 0.1) is 0 Å². The third-order valence-corrected chi connectivity index (χ3v) is 4.95. The molecule has 9 heteroatoms. The highest BCUT2D eigenvalue weighted by Gasteiger charge is 2.32. The van der Waals surface area contributed by atoms with E-state index in [1.807, 2.05) is 0 Å². The summed E-state index contributed by atoms with van der Waals surface area (Å²) in [5.74, 6) is -0.815. The molecule has 0 spiro atoms. The number of hydrogen-bond donors (Lipinski definition) is 2. The number of aromatic nitrogens is 1. The quantitative estimate of drug-likeness (QED) is 0.443. The number of alkyl halides is 3. The molecule has 2 amide bonds. The zero-order valence-corrected chi connectivity index (χ0v) is 17.1. The molecule has 6 nitrogen and oxygen atoms in total. The lowest BCUT2D eigenvalue weighted by Gasteiger charge is -2.13. The van der Waals surface area contributed by atoms with E-state index in [1.165, 1.54) is 24.4 Å². The maximum atomic E-state index is 13.1. The van der Waals surface area contributed by atoms with Gasteiger partial charge in [0.15, 0.2) is 11.3 Å². The zero-order valence-electron chi connectivity index (χ0n) is 17.1. The maximum absolute atomic E-state index is 13.1. The number of nitrogens with zero attached hydrogens (tertiary/aromatic N) is 1. The van der Waals surface area contributed by atoms with Crippen molar-refractivity contribution in [1.82, 2.24) is 15.6 Å². The predicted octanol–water partition coefficient (Wildman–Crippen LogP) is 4.71. The number of fused-ring (bicyclic) bond motifs is 1. The molecular formula is C24H18F3N3O3. The van der Waals surface area contributed by atoms with Crippen LogP contribution in [-0.4, -0.2) is 16.8 Å². The Labute approximate surface area is 186 Å². The largest absolute Gasteiger partial charge is 0.449 e. The Bertz CT molecular complexity index is 1280. The topological polar surface area (TPSA) is 84.2 Å². The summed E-state index contributed by atoms with van der Waals surface area (Å²) < 4.78 is 44.8. The Morgan fingerprint density at radius 1 is 0.909 bits per heavy atom. The van der Waals surface area contributed by atoms with Gasteiger partial charge < -0.3 is 15.1 Å². The molecule has 0 saturated carbocycles. The minimum Gasteiger partial charge on any atom is -0.449 e. The number of pyridine rings is 1. The molecule has 0 aliphatic heterocycles. The van der Waals surface area contributed by atoms with Gasteiger partial charge in [0.1, 0.15) is 0 Å². The van der Waals surface area contributed by atoms with Gasteiger partial charge in [-0.2, -0.15) is 13.2 Å². The molecule has 4 aromatic rings. The summed E-state index contributed by atoms with van der Waals surface area (Å²) >= 11 is 0. The zero-order chi connectivity index (χ0) is 23.4. The first-order chi connectivity index (χ1) is 15.8. The first-order valence-electron chi connectivity index (χ1n) is 9.95. The molecular weight excluding hydrogens is 435 g/mol. The molecule has 4 rings (SSSR count). The Morgan fingerprint density at radius 3 is 2.48 bits per heavy atom. The monoisotopic (exact) mass is 453 g/mol. The van der Waals surface area contributed by atoms with Crippen molar-refractivity contribution in [2.75, 3.05) is 0 Å². The molecule has 0 radical (unpaired) electrons. The first kappa shape index (κ1) is 22.1. The second-order valence-electron chi connectivity index (χ2n) is 7.24. The summed E-state index contributed by atoms with van der Waals surface area (Å²) in [6, 6.07) is 14.9. The van der Waals surface area contributed by atoms with Gasteiger partial charge in [-0.3, -0.25) is 14.6 Å². The summed E-state index contributed by atoms with van der Waals surface area (Å²) in [7, 11) is 0. The van der Waals surface area contributed by atoms with Crippen LogP contribution in [-0.2, 0) is 19.3 Å². The van der Waals surface area contributed by atoms with Gasteiger partial charge in [-0.25, -0.2) is 0 Å². The molecule has 0 fully saturated rings. The van der Waals surface area contributed by atoms with Gasteiger partial charge in [0.05, 0.1) is 11.8 Å². The van der Waals surface area contributed by atoms with Crippen LogP contribution >= 0.6 is 0 Å². The predicted molar refractivity (Wildman–Crippen MR) is 114 cm³/mol. The molecule has 2 heterocycles. The van der Waals surface area contributed by atoms with Crippen LogP contribution in [0.3, 0.4) is 0 Å². The van der Waals surface area contributed by atoms with E-state index in [0.717, 1.165) is 11.5 Å². The Hall–Kier alpha value is -4.14. The number of amides is 2. The average molecular weight is 453 g/mol. The highest BCUT2D eigenvalue weighted by atomic mass is 19.4. The van der Waals surface area contributed by atoms with Crippen molar-refractivity contribution in [3.63, 3.8) is 0 Å². The normalized spacial score (nSPS) is 11.4. The first-order valence-corrected chi connectivity index (χ1v) is 9.95. The van der Waals surface area contributed by atoms with E-state index in [2.05, 4.69) is 15.6 Å². The number of rotatable bonds is 6. The summed E-state index contributed by atoms with van der Waals surface area (Å²) in [5.41, 5.74) is 0.588. The van der Waals surface area contributed by atoms with Crippen molar-refractivity contribution in [2.24, 2.45) is 0 Å². The second-order valence-corrected chi connectivity index (χ2v) is 7.24. The fourth-order valence-corrected chi connectivity index (χ4v) is 3.32. The molecule has 33 heavy (non-hydrogen) atoms. The van der Waals surface area contributed by atoms with Crippen LogP contribution in [0.4, 0.5) is 13.2 Å². The molecule has 0 unspecified atom stereocenters. The van der Waals surface area contributed by atoms with Crippen LogP contribution in [0.15, 0.2) is 77.5 Å². The molecule has 0 aliphatic carbocycles. The molecule has 2 aromatic heterocycles. The Morgan fingerprint density at radius 2 is 1.70 bits per heavy atom. The van der Waals surface area contributed by atoms with Crippen molar-refractivity contribution in [3.05, 3.63) is 101 Å². The van der Waals surface area contributed by atoms with E-state index < -0.39 is 23.6 Å². The summed E-state index contributed by atoms with van der Waals surface area (Å²) in [5, 5.41) is 5.98. The van der Waals surface area contributed by atoms with Crippen molar-refractivity contribution < 1.29 is 27.2 Å². The van der Waals surface area contributed by atoms with Crippen molar-refractivity contribution >= 4 is 22.8 Å². The SMILES string of the molecule is O=C(NCc1ccccc1C(F)(F)F)c1cccc(CNC(=O)c2cc3ccncc3o2)c1. The van der Waals surface area contributed by atoms with E-state index in [0.29, 0.717) is 11.1 Å². The number of furan rings is 1. The number of carbonyl (C=O) groups excluding carboxylic acids is 2. The van der Waals surface area contributed by atoms with Gasteiger partial charge in [0, 0.05) is 30.2 Å². The second kappa shape index (κ2) is 9.15. The van der Waals surface area contributed by atoms with Gasteiger partial charge in [-0.05, 0) is 41.5 Å². The minimum atomic E-state index is -4.50. The smallest absolute Gasteiger partial charge is 0.416 e. The maximum Gasteiger partial charge on any atom is 0.416 e. The minimum absolute atomic E-state index is 0.0252. The summed E-state index contributed by atoms with van der Waals surface area (Å²) in [6.07, 6.45) is -1.39. The Kier molecular flexibility index (Phi) is 6.12. The van der Waals surface area contributed by atoms with Crippen molar-refractivity contribution in [1.29, 1.82) is 0 Å². The van der Waals surface area contributed by atoms with Crippen molar-refractivity contribution in [2.45, 2.75) is 19.3 Å². The van der Waals surface area contributed by atoms with E-state index in [1.54, 1.807) is 42.6 Å². The van der Waals surface area contributed by atoms with Gasteiger partial charge in [-0.15, -0.1) is 0 Å². The van der Waals surface area contributed by atoms with E-state index in [9.17, 15) is 22.8 Å². The molecule has 2 aromatic carbocycles. The highest BCUT2D eigenvalue weighted by molar-refractivity contribution is 5.96. The molecule has 0 bridgehead atoms. The molecule has 0 aliphatic rings. The number of carbonyl (C=O) groups is 2. The molecule has 0 atom stereocenters. The van der Waals surface area contributed by atoms with Crippen LogP contribution in [0.2, 0.25) is 0 Å².